The zero-order valence-corrected chi connectivity index (χ0v) is 13.8. The average molecular weight is 318 g/mol. The van der Waals surface area contributed by atoms with Crippen LogP contribution in [-0.2, 0) is 5.41 Å². The Labute approximate surface area is 139 Å². The van der Waals surface area contributed by atoms with Crippen molar-refractivity contribution in [1.29, 1.82) is 0 Å². The van der Waals surface area contributed by atoms with Gasteiger partial charge >= 0.3 is 0 Å². The second kappa shape index (κ2) is 4.18. The van der Waals surface area contributed by atoms with E-state index in [0.717, 1.165) is 21.4 Å². The van der Waals surface area contributed by atoms with E-state index in [2.05, 4.69) is 73.4 Å². The Hall–Kier alpha value is -2.25. The van der Waals surface area contributed by atoms with Crippen molar-refractivity contribution in [1.82, 2.24) is 4.98 Å². The van der Waals surface area contributed by atoms with Gasteiger partial charge < -0.3 is 4.98 Å². The predicted octanol–water partition coefficient (Wildman–Crippen LogP) is 6.28. The molecule has 112 valence electrons. The molecule has 0 fully saturated rings. The second-order valence-corrected chi connectivity index (χ2v) is 7.28. The summed E-state index contributed by atoms with van der Waals surface area (Å²) in [6.07, 6.45) is 0. The molecule has 0 amide bonds. The monoisotopic (exact) mass is 317 g/mol. The molecule has 0 unspecified atom stereocenters. The lowest BCUT2D eigenvalue weighted by atomic mass is 9.82. The van der Waals surface area contributed by atoms with Gasteiger partial charge in [0.15, 0.2) is 0 Å². The van der Waals surface area contributed by atoms with Crippen LogP contribution in [0.4, 0.5) is 0 Å². The number of halogens is 1. The van der Waals surface area contributed by atoms with Crippen molar-refractivity contribution in [3.63, 3.8) is 0 Å². The molecule has 1 N–H and O–H groups in total. The van der Waals surface area contributed by atoms with Gasteiger partial charge in [0.05, 0.1) is 10.5 Å². The van der Waals surface area contributed by atoms with E-state index in [1.807, 2.05) is 0 Å². The Kier molecular flexibility index (Phi) is 2.40. The van der Waals surface area contributed by atoms with Crippen molar-refractivity contribution in [2.75, 3.05) is 0 Å². The van der Waals surface area contributed by atoms with Gasteiger partial charge in [-0.25, -0.2) is 0 Å². The molecule has 0 saturated heterocycles. The standard InChI is InChI=1S/C21H16ClN/c1-21(2)14-9-5-3-7-12(14)18-15(21)11-16(22)19-13-8-4-6-10-17(13)23-20(18)19/h3-11,23H,1-2H3. The Bertz CT molecular complexity index is 1100. The Morgan fingerprint density at radius 3 is 2.52 bits per heavy atom. The van der Waals surface area contributed by atoms with Gasteiger partial charge in [-0.2, -0.15) is 0 Å². The van der Waals surface area contributed by atoms with Crippen LogP contribution in [0.2, 0.25) is 5.02 Å². The van der Waals surface area contributed by atoms with Crippen LogP contribution >= 0.6 is 11.6 Å². The van der Waals surface area contributed by atoms with E-state index in [1.165, 1.54) is 27.6 Å². The summed E-state index contributed by atoms with van der Waals surface area (Å²) in [4.78, 5) is 3.61. The van der Waals surface area contributed by atoms with Gasteiger partial charge in [-0.05, 0) is 28.8 Å². The molecule has 1 nitrogen and oxygen atoms in total. The van der Waals surface area contributed by atoms with E-state index in [-0.39, 0.29) is 5.41 Å². The van der Waals surface area contributed by atoms with E-state index < -0.39 is 0 Å². The van der Waals surface area contributed by atoms with Crippen molar-refractivity contribution in [2.24, 2.45) is 0 Å². The molecule has 3 aromatic carbocycles. The smallest absolute Gasteiger partial charge is 0.0562 e. The second-order valence-electron chi connectivity index (χ2n) is 6.87. The van der Waals surface area contributed by atoms with Crippen LogP contribution in [0.25, 0.3) is 32.9 Å². The molecule has 1 aliphatic rings. The average Bonchev–Trinajstić information content (AvgIpc) is 3.03. The maximum atomic E-state index is 6.71. The number of aromatic nitrogens is 1. The first-order chi connectivity index (χ1) is 11.1. The molecule has 0 bridgehead atoms. The van der Waals surface area contributed by atoms with Crippen molar-refractivity contribution >= 4 is 33.4 Å². The number of para-hydroxylation sites is 1. The lowest BCUT2D eigenvalue weighted by Gasteiger charge is -2.21. The maximum Gasteiger partial charge on any atom is 0.0562 e. The summed E-state index contributed by atoms with van der Waals surface area (Å²) in [5.41, 5.74) is 7.58. The predicted molar refractivity (Wildman–Crippen MR) is 98.4 cm³/mol. The van der Waals surface area contributed by atoms with Crippen molar-refractivity contribution in [2.45, 2.75) is 19.3 Å². The highest BCUT2D eigenvalue weighted by molar-refractivity contribution is 6.39. The van der Waals surface area contributed by atoms with Crippen molar-refractivity contribution < 1.29 is 0 Å². The van der Waals surface area contributed by atoms with E-state index >= 15 is 0 Å². The van der Waals surface area contributed by atoms with Crippen molar-refractivity contribution in [3.8, 4) is 11.1 Å². The zero-order chi connectivity index (χ0) is 15.8. The molecule has 0 radical (unpaired) electrons. The molecular formula is C21H16ClN. The largest absolute Gasteiger partial charge is 0.354 e. The maximum absolute atomic E-state index is 6.71. The Morgan fingerprint density at radius 1 is 0.913 bits per heavy atom. The molecule has 0 spiro atoms. The molecule has 4 aromatic rings. The fraction of sp³-hybridized carbons (Fsp3) is 0.143. The number of hydrogen-bond acceptors (Lipinski definition) is 0. The van der Waals surface area contributed by atoms with Crippen molar-refractivity contribution in [3.05, 3.63) is 70.7 Å². The summed E-state index contributed by atoms with van der Waals surface area (Å²) < 4.78 is 0. The van der Waals surface area contributed by atoms with Gasteiger partial charge in [-0.1, -0.05) is 67.9 Å². The quantitative estimate of drug-likeness (QED) is 0.393. The van der Waals surface area contributed by atoms with E-state index in [0.29, 0.717) is 0 Å². The van der Waals surface area contributed by atoms with Gasteiger partial charge in [-0.15, -0.1) is 0 Å². The first kappa shape index (κ1) is 13.2. The van der Waals surface area contributed by atoms with Crippen LogP contribution in [0.1, 0.15) is 25.0 Å². The highest BCUT2D eigenvalue weighted by Gasteiger charge is 2.37. The van der Waals surface area contributed by atoms with Gasteiger partial charge in [0.1, 0.15) is 0 Å². The van der Waals surface area contributed by atoms with Gasteiger partial charge in [-0.3, -0.25) is 0 Å². The van der Waals surface area contributed by atoms with E-state index in [1.54, 1.807) is 0 Å². The number of aromatic amines is 1. The molecule has 0 atom stereocenters. The molecule has 5 rings (SSSR count). The molecule has 2 heteroatoms. The molecule has 23 heavy (non-hydrogen) atoms. The summed E-state index contributed by atoms with van der Waals surface area (Å²) in [5, 5.41) is 3.16. The van der Waals surface area contributed by atoms with Crippen LogP contribution in [-0.4, -0.2) is 4.98 Å². The Balaban J connectivity index is 2.05. The lowest BCUT2D eigenvalue weighted by Crippen LogP contribution is -2.14. The minimum Gasteiger partial charge on any atom is -0.354 e. The number of benzene rings is 3. The highest BCUT2D eigenvalue weighted by atomic mass is 35.5. The van der Waals surface area contributed by atoms with E-state index in [9.17, 15) is 0 Å². The number of fused-ring (bicyclic) bond motifs is 7. The molecule has 1 aliphatic carbocycles. The molecule has 1 aromatic heterocycles. The molecular weight excluding hydrogens is 302 g/mol. The summed E-state index contributed by atoms with van der Waals surface area (Å²) in [6.45, 7) is 4.56. The normalized spacial score (nSPS) is 15.1. The van der Waals surface area contributed by atoms with Crippen LogP contribution < -0.4 is 0 Å². The first-order valence-corrected chi connectivity index (χ1v) is 8.30. The third kappa shape index (κ3) is 1.53. The highest BCUT2D eigenvalue weighted by Crippen LogP contribution is 2.53. The van der Waals surface area contributed by atoms with Gasteiger partial charge in [0, 0.05) is 27.3 Å². The summed E-state index contributed by atoms with van der Waals surface area (Å²) in [7, 11) is 0. The van der Waals surface area contributed by atoms with Gasteiger partial charge in [0.2, 0.25) is 0 Å². The third-order valence-corrected chi connectivity index (χ3v) is 5.58. The van der Waals surface area contributed by atoms with Gasteiger partial charge in [0.25, 0.3) is 0 Å². The zero-order valence-electron chi connectivity index (χ0n) is 13.1. The third-order valence-electron chi connectivity index (χ3n) is 5.28. The SMILES string of the molecule is CC1(C)c2ccccc2-c2c1cc(Cl)c1c2[nH]c2ccccc21. The minimum absolute atomic E-state index is 0.0267. The van der Waals surface area contributed by atoms with E-state index in [4.69, 9.17) is 11.6 Å². The van der Waals surface area contributed by atoms with Crippen LogP contribution in [0.15, 0.2) is 54.6 Å². The molecule has 1 heterocycles. The Morgan fingerprint density at radius 2 is 1.65 bits per heavy atom. The molecule has 0 aliphatic heterocycles. The topological polar surface area (TPSA) is 15.8 Å². The summed E-state index contributed by atoms with van der Waals surface area (Å²) >= 11 is 6.71. The number of rotatable bonds is 0. The fourth-order valence-corrected chi connectivity index (χ4v) is 4.45. The first-order valence-electron chi connectivity index (χ1n) is 7.92. The van der Waals surface area contributed by atoms with Crippen LogP contribution in [0.3, 0.4) is 0 Å². The number of hydrogen-bond donors (Lipinski definition) is 1. The van der Waals surface area contributed by atoms with Crippen LogP contribution in [0.5, 0.6) is 0 Å². The number of H-pyrrole nitrogens is 1. The minimum atomic E-state index is -0.0267. The lowest BCUT2D eigenvalue weighted by molar-refractivity contribution is 0.661. The summed E-state index contributed by atoms with van der Waals surface area (Å²) in [6, 6.07) is 19.2. The fourth-order valence-electron chi connectivity index (χ4n) is 4.15. The number of nitrogens with one attached hydrogen (secondary N) is 1. The van der Waals surface area contributed by atoms with Crippen LogP contribution in [0, 0.1) is 0 Å². The summed E-state index contributed by atoms with van der Waals surface area (Å²) in [5.74, 6) is 0. The molecule has 0 saturated carbocycles.